The first-order chi connectivity index (χ1) is 9.20. The van der Waals surface area contributed by atoms with Gasteiger partial charge in [-0.15, -0.1) is 0 Å². The molecule has 19 heavy (non-hydrogen) atoms. The van der Waals surface area contributed by atoms with Gasteiger partial charge in [-0.25, -0.2) is 0 Å². The van der Waals surface area contributed by atoms with Crippen molar-refractivity contribution >= 4 is 0 Å². The van der Waals surface area contributed by atoms with E-state index in [2.05, 4.69) is 50.4 Å². The molecule has 2 heteroatoms. The molecule has 0 aliphatic heterocycles. The van der Waals surface area contributed by atoms with Crippen LogP contribution in [-0.2, 0) is 0 Å². The van der Waals surface area contributed by atoms with E-state index in [9.17, 15) is 0 Å². The Morgan fingerprint density at radius 2 is 2.11 bits per heavy atom. The first kappa shape index (κ1) is 14.4. The van der Waals surface area contributed by atoms with Gasteiger partial charge in [0.25, 0.3) is 0 Å². The van der Waals surface area contributed by atoms with Gasteiger partial charge in [0.05, 0.1) is 0 Å². The molecule has 1 fully saturated rings. The number of rotatable bonds is 5. The van der Waals surface area contributed by atoms with Crippen LogP contribution < -0.4 is 10.1 Å². The minimum absolute atomic E-state index is 0.386. The van der Waals surface area contributed by atoms with Crippen LogP contribution in [0.5, 0.6) is 5.75 Å². The van der Waals surface area contributed by atoms with Crippen LogP contribution in [0, 0.1) is 5.92 Å². The van der Waals surface area contributed by atoms with Crippen molar-refractivity contribution in [1.82, 2.24) is 5.32 Å². The molecule has 3 atom stereocenters. The molecule has 1 aliphatic carbocycles. The first-order valence-electron chi connectivity index (χ1n) is 7.70. The molecule has 106 valence electrons. The van der Waals surface area contributed by atoms with Gasteiger partial charge in [-0.3, -0.25) is 0 Å². The second kappa shape index (κ2) is 6.95. The van der Waals surface area contributed by atoms with Crippen molar-refractivity contribution in [3.8, 4) is 5.75 Å². The van der Waals surface area contributed by atoms with Gasteiger partial charge in [-0.05, 0) is 56.3 Å². The third-order valence-electron chi connectivity index (χ3n) is 4.19. The lowest BCUT2D eigenvalue weighted by Crippen LogP contribution is -2.28. The van der Waals surface area contributed by atoms with Gasteiger partial charge in [0, 0.05) is 6.04 Å². The van der Waals surface area contributed by atoms with Gasteiger partial charge in [0.1, 0.15) is 11.9 Å². The van der Waals surface area contributed by atoms with E-state index in [-0.39, 0.29) is 0 Å². The van der Waals surface area contributed by atoms with Crippen LogP contribution in [0.4, 0.5) is 0 Å². The Hall–Kier alpha value is -1.02. The topological polar surface area (TPSA) is 21.3 Å². The summed E-state index contributed by atoms with van der Waals surface area (Å²) in [6.45, 7) is 7.65. The fourth-order valence-corrected chi connectivity index (χ4v) is 2.91. The lowest BCUT2D eigenvalue weighted by atomic mass is 9.88. The molecule has 1 aromatic carbocycles. The fourth-order valence-electron chi connectivity index (χ4n) is 2.91. The summed E-state index contributed by atoms with van der Waals surface area (Å²) in [4.78, 5) is 0. The summed E-state index contributed by atoms with van der Waals surface area (Å²) in [5.41, 5.74) is 1.31. The molecule has 2 nitrogen and oxygen atoms in total. The molecule has 1 aliphatic rings. The molecule has 1 saturated carbocycles. The maximum absolute atomic E-state index is 6.21. The Morgan fingerprint density at radius 1 is 1.32 bits per heavy atom. The zero-order valence-corrected chi connectivity index (χ0v) is 12.5. The molecular weight excluding hydrogens is 234 g/mol. The molecule has 0 heterocycles. The Balaban J connectivity index is 2.02. The van der Waals surface area contributed by atoms with Crippen LogP contribution in [-0.4, -0.2) is 12.6 Å². The standard InChI is InChI=1S/C17H27NO/c1-4-18-14(3)15-9-7-10-16(12-15)19-17-11-6-5-8-13(17)2/h7,9-10,12-14,17-18H,4-6,8,11H2,1-3H3. The van der Waals surface area contributed by atoms with E-state index in [1.807, 2.05) is 0 Å². The van der Waals surface area contributed by atoms with Gasteiger partial charge in [-0.1, -0.05) is 32.4 Å². The van der Waals surface area contributed by atoms with Gasteiger partial charge in [-0.2, -0.15) is 0 Å². The Labute approximate surface area is 117 Å². The quantitative estimate of drug-likeness (QED) is 0.852. The highest BCUT2D eigenvalue weighted by Gasteiger charge is 2.22. The summed E-state index contributed by atoms with van der Waals surface area (Å²) in [7, 11) is 0. The predicted molar refractivity (Wildman–Crippen MR) is 80.6 cm³/mol. The molecular formula is C17H27NO. The molecule has 0 bridgehead atoms. The molecule has 0 aromatic heterocycles. The number of nitrogens with one attached hydrogen (secondary N) is 1. The maximum Gasteiger partial charge on any atom is 0.120 e. The average Bonchev–Trinajstić information content (AvgIpc) is 2.42. The van der Waals surface area contributed by atoms with Crippen LogP contribution >= 0.6 is 0 Å². The zero-order valence-electron chi connectivity index (χ0n) is 12.5. The summed E-state index contributed by atoms with van der Waals surface area (Å²) >= 11 is 0. The monoisotopic (exact) mass is 261 g/mol. The molecule has 0 spiro atoms. The molecule has 2 rings (SSSR count). The lowest BCUT2D eigenvalue weighted by Gasteiger charge is -2.29. The van der Waals surface area contributed by atoms with Crippen molar-refractivity contribution in [1.29, 1.82) is 0 Å². The molecule has 0 amide bonds. The minimum Gasteiger partial charge on any atom is -0.490 e. The Bertz CT molecular complexity index is 391. The highest BCUT2D eigenvalue weighted by atomic mass is 16.5. The van der Waals surface area contributed by atoms with Crippen LogP contribution in [0.3, 0.4) is 0 Å². The average molecular weight is 261 g/mol. The number of hydrogen-bond donors (Lipinski definition) is 1. The van der Waals surface area contributed by atoms with Crippen LogP contribution in [0.15, 0.2) is 24.3 Å². The summed E-state index contributed by atoms with van der Waals surface area (Å²) in [6, 6.07) is 8.94. The second-order valence-corrected chi connectivity index (χ2v) is 5.77. The number of ether oxygens (including phenoxy) is 1. The van der Waals surface area contributed by atoms with Gasteiger partial charge >= 0.3 is 0 Å². The zero-order chi connectivity index (χ0) is 13.7. The fraction of sp³-hybridized carbons (Fsp3) is 0.647. The van der Waals surface area contributed by atoms with E-state index in [0.717, 1.165) is 12.3 Å². The van der Waals surface area contributed by atoms with Crippen molar-refractivity contribution in [3.05, 3.63) is 29.8 Å². The van der Waals surface area contributed by atoms with Gasteiger partial charge < -0.3 is 10.1 Å². The Morgan fingerprint density at radius 3 is 2.84 bits per heavy atom. The van der Waals surface area contributed by atoms with Gasteiger partial charge in [0.15, 0.2) is 0 Å². The summed E-state index contributed by atoms with van der Waals surface area (Å²) in [5.74, 6) is 1.71. The molecule has 0 saturated heterocycles. The largest absolute Gasteiger partial charge is 0.490 e. The van der Waals surface area contributed by atoms with Crippen molar-refractivity contribution in [3.63, 3.8) is 0 Å². The SMILES string of the molecule is CCNC(C)c1cccc(OC2CCCCC2C)c1. The molecule has 3 unspecified atom stereocenters. The van der Waals surface area contributed by atoms with E-state index in [1.165, 1.54) is 31.2 Å². The van der Waals surface area contributed by atoms with Crippen molar-refractivity contribution in [2.75, 3.05) is 6.54 Å². The normalized spacial score (nSPS) is 25.0. The Kier molecular flexibility index (Phi) is 5.26. The molecule has 1 aromatic rings. The van der Waals surface area contributed by atoms with Crippen molar-refractivity contribution < 1.29 is 4.74 Å². The summed E-state index contributed by atoms with van der Waals surface area (Å²) in [5, 5.41) is 3.45. The molecule has 1 N–H and O–H groups in total. The second-order valence-electron chi connectivity index (χ2n) is 5.77. The van der Waals surface area contributed by atoms with E-state index >= 15 is 0 Å². The lowest BCUT2D eigenvalue weighted by molar-refractivity contribution is 0.102. The summed E-state index contributed by atoms with van der Waals surface area (Å²) in [6.07, 6.45) is 5.58. The van der Waals surface area contributed by atoms with E-state index in [4.69, 9.17) is 4.74 Å². The highest BCUT2D eigenvalue weighted by Crippen LogP contribution is 2.29. The number of benzene rings is 1. The van der Waals surface area contributed by atoms with Crippen LogP contribution in [0.2, 0.25) is 0 Å². The summed E-state index contributed by atoms with van der Waals surface area (Å²) < 4.78 is 6.21. The van der Waals surface area contributed by atoms with Crippen LogP contribution in [0.1, 0.15) is 58.1 Å². The van der Waals surface area contributed by atoms with Crippen molar-refractivity contribution in [2.24, 2.45) is 5.92 Å². The third kappa shape index (κ3) is 3.97. The van der Waals surface area contributed by atoms with Crippen molar-refractivity contribution in [2.45, 2.75) is 58.6 Å². The minimum atomic E-state index is 0.386. The van der Waals surface area contributed by atoms with E-state index in [0.29, 0.717) is 18.1 Å². The van der Waals surface area contributed by atoms with Gasteiger partial charge in [0.2, 0.25) is 0 Å². The highest BCUT2D eigenvalue weighted by molar-refractivity contribution is 5.30. The van der Waals surface area contributed by atoms with E-state index < -0.39 is 0 Å². The third-order valence-corrected chi connectivity index (χ3v) is 4.19. The van der Waals surface area contributed by atoms with Crippen LogP contribution in [0.25, 0.3) is 0 Å². The first-order valence-corrected chi connectivity index (χ1v) is 7.70. The molecule has 0 radical (unpaired) electrons. The number of hydrogen-bond acceptors (Lipinski definition) is 2. The maximum atomic E-state index is 6.21. The van der Waals surface area contributed by atoms with E-state index in [1.54, 1.807) is 0 Å². The smallest absolute Gasteiger partial charge is 0.120 e. The predicted octanol–water partition coefficient (Wildman–Crippen LogP) is 4.31.